The average molecular weight is 298 g/mol. The predicted molar refractivity (Wildman–Crippen MR) is 58.3 cm³/mol. The molecule has 0 saturated carbocycles. The molecule has 0 radical (unpaired) electrons. The van der Waals surface area contributed by atoms with Crippen molar-refractivity contribution < 1.29 is 17.9 Å². The van der Waals surface area contributed by atoms with E-state index in [1.807, 2.05) is 0 Å². The molecule has 0 spiro atoms. The molecule has 0 saturated heterocycles. The molecule has 90 valence electrons. The van der Waals surface area contributed by atoms with Crippen LogP contribution in [0.15, 0.2) is 22.7 Å². The molecule has 2 nitrogen and oxygen atoms in total. The molecule has 1 unspecified atom stereocenters. The Bertz CT molecular complexity index is 366. The minimum atomic E-state index is -4.33. The van der Waals surface area contributed by atoms with Crippen LogP contribution in [0.5, 0.6) is 5.75 Å². The van der Waals surface area contributed by atoms with Gasteiger partial charge in [-0.1, -0.05) is 22.0 Å². The zero-order chi connectivity index (χ0) is 12.3. The monoisotopic (exact) mass is 297 g/mol. The zero-order valence-electron chi connectivity index (χ0n) is 8.51. The van der Waals surface area contributed by atoms with E-state index in [0.717, 1.165) is 5.56 Å². The zero-order valence-corrected chi connectivity index (χ0v) is 10.1. The van der Waals surface area contributed by atoms with E-state index in [1.54, 1.807) is 13.0 Å². The fourth-order valence-corrected chi connectivity index (χ4v) is 1.85. The number of rotatable bonds is 3. The molecular weight excluding hydrogens is 287 g/mol. The summed E-state index contributed by atoms with van der Waals surface area (Å²) in [6.07, 6.45) is -4.33. The van der Waals surface area contributed by atoms with Gasteiger partial charge in [0.05, 0.1) is 0 Å². The van der Waals surface area contributed by atoms with Crippen LogP contribution in [0.1, 0.15) is 18.5 Å². The van der Waals surface area contributed by atoms with Crippen molar-refractivity contribution in [1.29, 1.82) is 0 Å². The van der Waals surface area contributed by atoms with Crippen LogP contribution in [-0.2, 0) is 0 Å². The van der Waals surface area contributed by atoms with E-state index in [1.165, 1.54) is 12.1 Å². The van der Waals surface area contributed by atoms with Crippen molar-refractivity contribution >= 4 is 15.9 Å². The predicted octanol–water partition coefficient (Wildman–Crippen LogP) is 3.41. The Morgan fingerprint density at radius 1 is 1.44 bits per heavy atom. The van der Waals surface area contributed by atoms with Crippen molar-refractivity contribution in [1.82, 2.24) is 0 Å². The topological polar surface area (TPSA) is 35.2 Å². The van der Waals surface area contributed by atoms with Gasteiger partial charge < -0.3 is 10.5 Å². The summed E-state index contributed by atoms with van der Waals surface area (Å²) in [5, 5.41) is 0. The lowest BCUT2D eigenvalue weighted by Gasteiger charge is -2.12. The molecule has 1 aromatic carbocycles. The van der Waals surface area contributed by atoms with Crippen molar-refractivity contribution in [2.45, 2.75) is 19.1 Å². The van der Waals surface area contributed by atoms with Crippen molar-refractivity contribution in [2.24, 2.45) is 5.73 Å². The average Bonchev–Trinajstić information content (AvgIpc) is 2.13. The standard InChI is InChI=1S/C10H11BrF3NO/c1-6(15)8-3-2-7(4-9(8)11)16-5-10(12,13)14/h2-4,6H,5,15H2,1H3. The lowest BCUT2D eigenvalue weighted by Crippen LogP contribution is -2.19. The Balaban J connectivity index is 2.74. The minimum absolute atomic E-state index is 0.161. The summed E-state index contributed by atoms with van der Waals surface area (Å²) in [7, 11) is 0. The normalized spacial score (nSPS) is 13.6. The van der Waals surface area contributed by atoms with E-state index in [0.29, 0.717) is 4.47 Å². The van der Waals surface area contributed by atoms with Gasteiger partial charge in [-0.3, -0.25) is 0 Å². The summed E-state index contributed by atoms with van der Waals surface area (Å²) in [4.78, 5) is 0. The van der Waals surface area contributed by atoms with E-state index in [9.17, 15) is 13.2 Å². The largest absolute Gasteiger partial charge is 0.484 e. The van der Waals surface area contributed by atoms with Gasteiger partial charge in [0.25, 0.3) is 0 Å². The number of ether oxygens (including phenoxy) is 1. The SMILES string of the molecule is CC(N)c1ccc(OCC(F)(F)F)cc1Br. The second-order valence-corrected chi connectivity index (χ2v) is 4.23. The highest BCUT2D eigenvalue weighted by atomic mass is 79.9. The molecule has 0 fully saturated rings. The van der Waals surface area contributed by atoms with E-state index in [4.69, 9.17) is 5.73 Å². The molecule has 0 amide bonds. The smallest absolute Gasteiger partial charge is 0.422 e. The van der Waals surface area contributed by atoms with Gasteiger partial charge in [0, 0.05) is 10.5 Å². The van der Waals surface area contributed by atoms with E-state index in [2.05, 4.69) is 20.7 Å². The fraction of sp³-hybridized carbons (Fsp3) is 0.400. The van der Waals surface area contributed by atoms with Crippen LogP contribution in [0.3, 0.4) is 0 Å². The number of nitrogens with two attached hydrogens (primary N) is 1. The first kappa shape index (κ1) is 13.3. The Morgan fingerprint density at radius 3 is 2.50 bits per heavy atom. The highest BCUT2D eigenvalue weighted by Gasteiger charge is 2.28. The van der Waals surface area contributed by atoms with Crippen LogP contribution >= 0.6 is 15.9 Å². The van der Waals surface area contributed by atoms with Gasteiger partial charge in [0.15, 0.2) is 6.61 Å². The van der Waals surface area contributed by atoms with Gasteiger partial charge in [-0.25, -0.2) is 0 Å². The van der Waals surface area contributed by atoms with Crippen LogP contribution in [0.2, 0.25) is 0 Å². The maximum atomic E-state index is 11.9. The summed E-state index contributed by atoms with van der Waals surface area (Å²) in [6, 6.07) is 4.39. The van der Waals surface area contributed by atoms with Crippen LogP contribution < -0.4 is 10.5 Å². The summed E-state index contributed by atoms with van der Waals surface area (Å²) in [5.74, 6) is 0.161. The van der Waals surface area contributed by atoms with Gasteiger partial charge in [-0.05, 0) is 24.6 Å². The second-order valence-electron chi connectivity index (χ2n) is 3.38. The van der Waals surface area contributed by atoms with Gasteiger partial charge in [-0.2, -0.15) is 13.2 Å². The summed E-state index contributed by atoms with van der Waals surface area (Å²) >= 11 is 3.23. The fourth-order valence-electron chi connectivity index (χ4n) is 1.13. The third-order valence-electron chi connectivity index (χ3n) is 1.86. The lowest BCUT2D eigenvalue weighted by atomic mass is 10.1. The number of alkyl halides is 3. The van der Waals surface area contributed by atoms with Crippen molar-refractivity contribution in [3.05, 3.63) is 28.2 Å². The van der Waals surface area contributed by atoms with Crippen LogP contribution in [0.25, 0.3) is 0 Å². The molecule has 6 heteroatoms. The molecular formula is C10H11BrF3NO. The molecule has 0 bridgehead atoms. The molecule has 1 aromatic rings. The summed E-state index contributed by atoms with van der Waals surface area (Å²) < 4.78 is 40.9. The molecule has 16 heavy (non-hydrogen) atoms. The Hall–Kier alpha value is -0.750. The first-order chi connectivity index (χ1) is 7.29. The van der Waals surface area contributed by atoms with E-state index >= 15 is 0 Å². The van der Waals surface area contributed by atoms with Crippen molar-refractivity contribution in [3.63, 3.8) is 0 Å². The third-order valence-corrected chi connectivity index (χ3v) is 2.55. The summed E-state index contributed by atoms with van der Waals surface area (Å²) in [5.41, 5.74) is 6.48. The van der Waals surface area contributed by atoms with Gasteiger partial charge >= 0.3 is 6.18 Å². The minimum Gasteiger partial charge on any atom is -0.484 e. The maximum absolute atomic E-state index is 11.9. The quantitative estimate of drug-likeness (QED) is 0.928. The molecule has 0 heterocycles. The van der Waals surface area contributed by atoms with Crippen LogP contribution in [0, 0.1) is 0 Å². The highest BCUT2D eigenvalue weighted by molar-refractivity contribution is 9.10. The number of halogens is 4. The van der Waals surface area contributed by atoms with Gasteiger partial charge in [0.2, 0.25) is 0 Å². The molecule has 0 aliphatic heterocycles. The maximum Gasteiger partial charge on any atom is 0.422 e. The lowest BCUT2D eigenvalue weighted by molar-refractivity contribution is -0.153. The molecule has 0 aliphatic carbocycles. The van der Waals surface area contributed by atoms with E-state index in [-0.39, 0.29) is 11.8 Å². The second kappa shape index (κ2) is 5.05. The molecule has 0 aliphatic rings. The number of hydrogen-bond acceptors (Lipinski definition) is 2. The Labute approximate surface area is 99.7 Å². The molecule has 1 atom stereocenters. The molecule has 1 rings (SSSR count). The summed E-state index contributed by atoms with van der Waals surface area (Å²) in [6.45, 7) is 0.493. The van der Waals surface area contributed by atoms with Crippen LogP contribution in [0.4, 0.5) is 13.2 Å². The molecule has 0 aromatic heterocycles. The first-order valence-corrected chi connectivity index (χ1v) is 5.33. The third kappa shape index (κ3) is 4.02. The van der Waals surface area contributed by atoms with Crippen LogP contribution in [-0.4, -0.2) is 12.8 Å². The Morgan fingerprint density at radius 2 is 2.06 bits per heavy atom. The highest BCUT2D eigenvalue weighted by Crippen LogP contribution is 2.27. The van der Waals surface area contributed by atoms with Gasteiger partial charge in [0.1, 0.15) is 5.75 Å². The number of hydrogen-bond donors (Lipinski definition) is 1. The van der Waals surface area contributed by atoms with Crippen molar-refractivity contribution in [3.8, 4) is 5.75 Å². The Kier molecular flexibility index (Phi) is 4.21. The first-order valence-electron chi connectivity index (χ1n) is 4.54. The number of benzene rings is 1. The van der Waals surface area contributed by atoms with Crippen molar-refractivity contribution in [2.75, 3.05) is 6.61 Å². The van der Waals surface area contributed by atoms with E-state index < -0.39 is 12.8 Å². The van der Waals surface area contributed by atoms with Gasteiger partial charge in [-0.15, -0.1) is 0 Å². The molecule has 2 N–H and O–H groups in total.